The second-order valence-corrected chi connectivity index (χ2v) is 16.0. The lowest BCUT2D eigenvalue weighted by Gasteiger charge is -2.39. The van der Waals surface area contributed by atoms with Gasteiger partial charge in [-0.3, -0.25) is 0 Å². The van der Waals surface area contributed by atoms with Gasteiger partial charge in [-0.2, -0.15) is 0 Å². The summed E-state index contributed by atoms with van der Waals surface area (Å²) in [6, 6.07) is 13.0. The Hall–Kier alpha value is -1.10. The Bertz CT molecular complexity index is 832. The van der Waals surface area contributed by atoms with E-state index in [1.807, 2.05) is 0 Å². The molecule has 0 saturated heterocycles. The van der Waals surface area contributed by atoms with Crippen LogP contribution in [0.5, 0.6) is 11.5 Å². The van der Waals surface area contributed by atoms with Crippen molar-refractivity contribution in [3.63, 3.8) is 0 Å². The van der Waals surface area contributed by atoms with E-state index in [1.54, 1.807) is 0 Å². The third-order valence-corrected chi connectivity index (χ3v) is 12.6. The Morgan fingerprint density at radius 1 is 0.643 bits per heavy atom. The molecule has 0 fully saturated rings. The van der Waals surface area contributed by atoms with Crippen molar-refractivity contribution in [2.45, 2.75) is 77.4 Å². The number of rotatable bonds is 1. The molecule has 0 radical (unpaired) electrons. The first kappa shape index (κ1) is 20.2. The molecule has 4 rings (SSSR count). The van der Waals surface area contributed by atoms with Crippen molar-refractivity contribution in [1.29, 1.82) is 0 Å². The van der Waals surface area contributed by atoms with Crippen LogP contribution in [0.1, 0.15) is 52.7 Å². The van der Waals surface area contributed by atoms with E-state index in [0.717, 1.165) is 11.5 Å². The highest BCUT2D eigenvalue weighted by Gasteiger charge is 2.54. The van der Waals surface area contributed by atoms with Gasteiger partial charge < -0.3 is 9.47 Å². The van der Waals surface area contributed by atoms with Crippen molar-refractivity contribution in [3.8, 4) is 11.5 Å². The number of ether oxygens (including phenoxy) is 2. The highest BCUT2D eigenvalue weighted by molar-refractivity contribution is 7.72. The molecule has 1 unspecified atom stereocenters. The molecule has 150 valence electrons. The molecular weight excluding hydrogens is 382 g/mol. The molecule has 0 aromatic heterocycles. The second-order valence-electron chi connectivity index (χ2n) is 9.94. The molecule has 2 aliphatic heterocycles. The molecule has 2 heterocycles. The fraction of sp³-hybridized carbons (Fsp3) is 0.500. The average Bonchev–Trinajstić information content (AvgIpc) is 3.13. The van der Waals surface area contributed by atoms with Crippen molar-refractivity contribution in [3.05, 3.63) is 47.5 Å². The molecule has 0 saturated carbocycles. The van der Waals surface area contributed by atoms with E-state index in [4.69, 9.17) is 9.47 Å². The first-order valence-electron chi connectivity index (χ1n) is 10.1. The molecule has 2 aliphatic rings. The number of hydrogen-bond donors (Lipinski definition) is 0. The highest BCUT2D eigenvalue weighted by atomic mass is 31.1. The van der Waals surface area contributed by atoms with E-state index >= 15 is 0 Å². The van der Waals surface area contributed by atoms with Gasteiger partial charge in [0.25, 0.3) is 0 Å². The zero-order chi connectivity index (χ0) is 20.4. The van der Waals surface area contributed by atoms with Gasteiger partial charge in [0.2, 0.25) is 0 Å². The lowest BCUT2D eigenvalue weighted by Crippen LogP contribution is -2.38. The van der Waals surface area contributed by atoms with Crippen molar-refractivity contribution in [2.75, 3.05) is 0 Å². The lowest BCUT2D eigenvalue weighted by atomic mass is 10.2. The molecule has 0 aliphatic carbocycles. The molecule has 2 nitrogen and oxygen atoms in total. The van der Waals surface area contributed by atoms with Crippen LogP contribution in [-0.2, 0) is 0 Å². The van der Waals surface area contributed by atoms with Gasteiger partial charge in [0.1, 0.15) is 11.5 Å². The van der Waals surface area contributed by atoms with Crippen LogP contribution in [0.25, 0.3) is 0 Å². The number of benzene rings is 2. The van der Waals surface area contributed by atoms with Gasteiger partial charge in [-0.1, -0.05) is 65.8 Å². The largest absolute Gasteiger partial charge is 0.481 e. The standard InChI is InChI=1S/C24H32O2P2/c1-15-11-9-13-17-19(15)27(23(3,4)5)21(25-17)22-26-18-14-10-12-16(2)20(18)28(22)24(6,7)8/h9-14,21-22H,1-8H3/t21-,22?,27-,28+/m0/s1. The van der Waals surface area contributed by atoms with E-state index in [0.29, 0.717) is 0 Å². The minimum atomic E-state index is -0.514. The minimum absolute atomic E-state index is 0.100. The summed E-state index contributed by atoms with van der Waals surface area (Å²) in [6.45, 7) is 18.6. The summed E-state index contributed by atoms with van der Waals surface area (Å²) in [5, 5.41) is 3.19. The number of aryl methyl sites for hydroxylation is 2. The Balaban J connectivity index is 1.84. The third-order valence-electron chi connectivity index (χ3n) is 5.58. The highest BCUT2D eigenvalue weighted by Crippen LogP contribution is 2.68. The smallest absolute Gasteiger partial charge is 0.162 e. The van der Waals surface area contributed by atoms with Crippen LogP contribution in [0.4, 0.5) is 0 Å². The first-order chi connectivity index (χ1) is 13.0. The SMILES string of the molecule is Cc1cccc2c1[P@@](C(C)(C)C)C([C@H]1Oc3cccc(C)c3[P@]1C(C)(C)C)O2. The van der Waals surface area contributed by atoms with Gasteiger partial charge in [0.05, 0.1) is 0 Å². The van der Waals surface area contributed by atoms with Gasteiger partial charge in [-0.05, 0) is 63.3 Å². The summed E-state index contributed by atoms with van der Waals surface area (Å²) in [5.74, 6) is 2.35. The topological polar surface area (TPSA) is 18.5 Å². The monoisotopic (exact) mass is 414 g/mol. The number of fused-ring (bicyclic) bond motifs is 2. The molecule has 0 N–H and O–H groups in total. The van der Waals surface area contributed by atoms with E-state index in [9.17, 15) is 0 Å². The predicted octanol–water partition coefficient (Wildman–Crippen LogP) is 6.25. The summed E-state index contributed by atoms with van der Waals surface area (Å²) in [4.78, 5) is 0. The fourth-order valence-electron chi connectivity index (χ4n) is 4.50. The van der Waals surface area contributed by atoms with Crippen molar-refractivity contribution < 1.29 is 9.47 Å². The molecule has 0 bridgehead atoms. The maximum atomic E-state index is 6.73. The van der Waals surface area contributed by atoms with E-state index in [1.165, 1.54) is 21.7 Å². The zero-order valence-electron chi connectivity index (χ0n) is 18.3. The molecule has 2 aromatic carbocycles. The summed E-state index contributed by atoms with van der Waals surface area (Å²) >= 11 is 0. The first-order valence-corrected chi connectivity index (χ1v) is 12.9. The van der Waals surface area contributed by atoms with Crippen LogP contribution in [0.2, 0.25) is 0 Å². The van der Waals surface area contributed by atoms with Crippen LogP contribution < -0.4 is 20.1 Å². The minimum Gasteiger partial charge on any atom is -0.481 e. The molecule has 0 spiro atoms. The maximum absolute atomic E-state index is 6.73. The molecule has 0 amide bonds. The van der Waals surface area contributed by atoms with Crippen molar-refractivity contribution in [2.24, 2.45) is 0 Å². The normalized spacial score (nSPS) is 26.4. The van der Waals surface area contributed by atoms with Crippen LogP contribution in [-0.4, -0.2) is 22.0 Å². The summed E-state index contributed by atoms with van der Waals surface area (Å²) in [7, 11) is -1.03. The van der Waals surface area contributed by atoms with Gasteiger partial charge in [0.15, 0.2) is 11.7 Å². The molecule has 28 heavy (non-hydrogen) atoms. The lowest BCUT2D eigenvalue weighted by molar-refractivity contribution is 0.171. The van der Waals surface area contributed by atoms with Crippen molar-refractivity contribution in [1.82, 2.24) is 0 Å². The van der Waals surface area contributed by atoms with Gasteiger partial charge in [-0.15, -0.1) is 0 Å². The predicted molar refractivity (Wildman–Crippen MR) is 124 cm³/mol. The van der Waals surface area contributed by atoms with Crippen molar-refractivity contribution >= 4 is 26.5 Å². The van der Waals surface area contributed by atoms with Crippen LogP contribution in [0.3, 0.4) is 0 Å². The Kier molecular flexibility index (Phi) is 4.84. The third kappa shape index (κ3) is 3.18. The maximum Gasteiger partial charge on any atom is 0.162 e. The quantitative estimate of drug-likeness (QED) is 0.514. The average molecular weight is 414 g/mol. The summed E-state index contributed by atoms with van der Waals surface area (Å²) in [5.41, 5.74) is 2.71. The Morgan fingerprint density at radius 2 is 1.00 bits per heavy atom. The Morgan fingerprint density at radius 3 is 1.32 bits per heavy atom. The summed E-state index contributed by atoms with van der Waals surface area (Å²) in [6.07, 6.45) is 0. The summed E-state index contributed by atoms with van der Waals surface area (Å²) < 4.78 is 13.5. The van der Waals surface area contributed by atoms with Crippen LogP contribution in [0.15, 0.2) is 36.4 Å². The molecular formula is C24H32O2P2. The van der Waals surface area contributed by atoms with E-state index < -0.39 is 15.8 Å². The molecule has 2 aromatic rings. The van der Waals surface area contributed by atoms with E-state index in [2.05, 4.69) is 91.8 Å². The van der Waals surface area contributed by atoms with Crippen LogP contribution in [0, 0.1) is 13.8 Å². The molecule has 4 heteroatoms. The number of hydrogen-bond acceptors (Lipinski definition) is 2. The van der Waals surface area contributed by atoms with Gasteiger partial charge in [-0.25, -0.2) is 0 Å². The van der Waals surface area contributed by atoms with Gasteiger partial charge in [0, 0.05) is 10.6 Å². The second kappa shape index (κ2) is 6.72. The van der Waals surface area contributed by atoms with Crippen LogP contribution >= 0.6 is 15.8 Å². The zero-order valence-corrected chi connectivity index (χ0v) is 20.1. The van der Waals surface area contributed by atoms with E-state index in [-0.39, 0.29) is 22.0 Å². The fourth-order valence-corrected chi connectivity index (χ4v) is 11.4. The Labute approximate surface area is 172 Å². The van der Waals surface area contributed by atoms with Gasteiger partial charge >= 0.3 is 0 Å². The molecule has 4 atom stereocenters.